The molecule has 0 saturated heterocycles. The molecule has 0 spiro atoms. The zero-order chi connectivity index (χ0) is 14.5. The van der Waals surface area contributed by atoms with Gasteiger partial charge in [0.1, 0.15) is 0 Å². The second-order valence-corrected chi connectivity index (χ2v) is 4.67. The van der Waals surface area contributed by atoms with E-state index in [0.29, 0.717) is 0 Å². The van der Waals surface area contributed by atoms with E-state index in [9.17, 15) is 0 Å². The molecule has 0 aliphatic carbocycles. The maximum Gasteiger partial charge on any atom is 0.172 e. The summed E-state index contributed by atoms with van der Waals surface area (Å²) in [7, 11) is 1.98. The van der Waals surface area contributed by atoms with Gasteiger partial charge in [-0.15, -0.1) is 0 Å². The molecule has 20 heavy (non-hydrogen) atoms. The predicted molar refractivity (Wildman–Crippen MR) is 80.0 cm³/mol. The average molecular weight is 270 g/mol. The monoisotopic (exact) mass is 270 g/mol. The number of aromatic nitrogens is 1. The lowest BCUT2D eigenvalue weighted by Crippen LogP contribution is -2.23. The quantitative estimate of drug-likeness (QED) is 0.386. The summed E-state index contributed by atoms with van der Waals surface area (Å²) in [6.07, 6.45) is 3.54. The highest BCUT2D eigenvalue weighted by molar-refractivity contribution is 6.02. The molecule has 0 saturated carbocycles. The first kappa shape index (κ1) is 13.9. The molecule has 0 atom stereocenters. The molecule has 3 N–H and O–H groups in total. The number of nitrogens with two attached hydrogens (primary N) is 1. The van der Waals surface area contributed by atoms with Gasteiger partial charge in [-0.1, -0.05) is 17.3 Å². The predicted octanol–water partition coefficient (Wildman–Crippen LogP) is 2.12. The number of oxime groups is 1. The number of amidine groups is 1. The van der Waals surface area contributed by atoms with Crippen molar-refractivity contribution in [3.05, 3.63) is 59.4 Å². The van der Waals surface area contributed by atoms with E-state index in [1.54, 1.807) is 12.4 Å². The number of hydrogen-bond donors (Lipinski definition) is 2. The van der Waals surface area contributed by atoms with Gasteiger partial charge in [-0.25, -0.2) is 0 Å². The maximum absolute atomic E-state index is 8.91. The summed E-state index contributed by atoms with van der Waals surface area (Å²) in [6, 6.07) is 9.69. The molecular weight excluding hydrogens is 252 g/mol. The minimum absolute atomic E-state index is 0.116. The van der Waals surface area contributed by atoms with Crippen LogP contribution in [0.25, 0.3) is 0 Å². The van der Waals surface area contributed by atoms with Gasteiger partial charge in [0.15, 0.2) is 5.84 Å². The zero-order valence-electron chi connectivity index (χ0n) is 11.6. The molecule has 0 aliphatic rings. The Labute approximate surface area is 118 Å². The Hall–Kier alpha value is -2.56. The SMILES string of the molecule is Cc1cccc(/C(N)=N/O)c1N(C)Cc1ccncc1. The number of benzene rings is 1. The molecule has 1 heterocycles. The van der Waals surface area contributed by atoms with E-state index in [-0.39, 0.29) is 5.84 Å². The summed E-state index contributed by atoms with van der Waals surface area (Å²) in [5, 5.41) is 12.0. The van der Waals surface area contributed by atoms with Crippen molar-refractivity contribution in [1.82, 2.24) is 4.98 Å². The van der Waals surface area contributed by atoms with Crippen LogP contribution in [0.15, 0.2) is 47.9 Å². The number of aryl methyl sites for hydroxylation is 1. The molecule has 0 unspecified atom stereocenters. The van der Waals surface area contributed by atoms with E-state index in [4.69, 9.17) is 10.9 Å². The lowest BCUT2D eigenvalue weighted by Gasteiger charge is -2.24. The van der Waals surface area contributed by atoms with Crippen LogP contribution in [0.5, 0.6) is 0 Å². The minimum atomic E-state index is 0.116. The molecule has 104 valence electrons. The van der Waals surface area contributed by atoms with Gasteiger partial charge in [0.25, 0.3) is 0 Å². The molecular formula is C15H18N4O. The Bertz CT molecular complexity index is 611. The van der Waals surface area contributed by atoms with Crippen LogP contribution in [0.3, 0.4) is 0 Å². The highest BCUT2D eigenvalue weighted by Gasteiger charge is 2.13. The molecule has 0 bridgehead atoms. The van der Waals surface area contributed by atoms with Crippen molar-refractivity contribution in [2.75, 3.05) is 11.9 Å². The summed E-state index contributed by atoms with van der Waals surface area (Å²) in [4.78, 5) is 6.09. The second kappa shape index (κ2) is 6.06. The van der Waals surface area contributed by atoms with Gasteiger partial charge >= 0.3 is 0 Å². The summed E-state index contributed by atoms with van der Waals surface area (Å²) >= 11 is 0. The second-order valence-electron chi connectivity index (χ2n) is 4.67. The number of para-hydroxylation sites is 1. The van der Waals surface area contributed by atoms with E-state index in [1.807, 2.05) is 44.3 Å². The maximum atomic E-state index is 8.91. The van der Waals surface area contributed by atoms with Gasteiger partial charge in [0, 0.05) is 31.5 Å². The summed E-state index contributed by atoms with van der Waals surface area (Å²) in [5.41, 5.74) is 9.67. The Morgan fingerprint density at radius 2 is 2.00 bits per heavy atom. The van der Waals surface area contributed by atoms with Crippen LogP contribution in [-0.2, 0) is 6.54 Å². The van der Waals surface area contributed by atoms with Crippen molar-refractivity contribution in [3.8, 4) is 0 Å². The standard InChI is InChI=1S/C15H18N4O/c1-11-4-3-5-13(15(16)18-20)14(11)19(2)10-12-6-8-17-9-7-12/h3-9,20H,10H2,1-2H3,(H2,16,18). The molecule has 5 heteroatoms. The molecule has 0 amide bonds. The molecule has 2 aromatic rings. The fourth-order valence-electron chi connectivity index (χ4n) is 2.27. The minimum Gasteiger partial charge on any atom is -0.409 e. The number of nitrogens with zero attached hydrogens (tertiary/aromatic N) is 3. The lowest BCUT2D eigenvalue weighted by molar-refractivity contribution is 0.318. The Kier molecular flexibility index (Phi) is 4.20. The third kappa shape index (κ3) is 2.88. The molecule has 5 nitrogen and oxygen atoms in total. The normalized spacial score (nSPS) is 11.4. The van der Waals surface area contributed by atoms with Crippen molar-refractivity contribution in [2.45, 2.75) is 13.5 Å². The number of rotatable bonds is 4. The van der Waals surface area contributed by atoms with Crippen LogP contribution in [-0.4, -0.2) is 23.1 Å². The molecule has 2 rings (SSSR count). The van der Waals surface area contributed by atoms with Gasteiger partial charge < -0.3 is 15.8 Å². The molecule has 0 aliphatic heterocycles. The lowest BCUT2D eigenvalue weighted by atomic mass is 10.1. The van der Waals surface area contributed by atoms with Gasteiger partial charge in [0.05, 0.1) is 5.69 Å². The van der Waals surface area contributed by atoms with Crippen LogP contribution in [0.2, 0.25) is 0 Å². The van der Waals surface area contributed by atoms with Gasteiger partial charge in [-0.2, -0.15) is 0 Å². The van der Waals surface area contributed by atoms with E-state index in [0.717, 1.165) is 28.9 Å². The molecule has 0 fully saturated rings. The summed E-state index contributed by atoms with van der Waals surface area (Å²) in [5.74, 6) is 0.116. The Morgan fingerprint density at radius 1 is 1.30 bits per heavy atom. The molecule has 1 aromatic heterocycles. The van der Waals surface area contributed by atoms with Gasteiger partial charge in [0.2, 0.25) is 0 Å². The van der Waals surface area contributed by atoms with Crippen LogP contribution in [0.4, 0.5) is 5.69 Å². The largest absolute Gasteiger partial charge is 0.409 e. The Morgan fingerprint density at radius 3 is 2.65 bits per heavy atom. The highest BCUT2D eigenvalue weighted by Crippen LogP contribution is 2.25. The van der Waals surface area contributed by atoms with Crippen LogP contribution >= 0.6 is 0 Å². The Balaban J connectivity index is 2.36. The van der Waals surface area contributed by atoms with Gasteiger partial charge in [-0.3, -0.25) is 4.98 Å². The molecule has 1 aromatic carbocycles. The fraction of sp³-hybridized carbons (Fsp3) is 0.200. The fourth-order valence-corrected chi connectivity index (χ4v) is 2.27. The third-order valence-corrected chi connectivity index (χ3v) is 3.17. The van der Waals surface area contributed by atoms with Crippen LogP contribution < -0.4 is 10.6 Å². The van der Waals surface area contributed by atoms with E-state index >= 15 is 0 Å². The van der Waals surface area contributed by atoms with Crippen LogP contribution in [0.1, 0.15) is 16.7 Å². The van der Waals surface area contributed by atoms with Crippen molar-refractivity contribution >= 4 is 11.5 Å². The number of pyridine rings is 1. The topological polar surface area (TPSA) is 74.7 Å². The number of hydrogen-bond acceptors (Lipinski definition) is 4. The average Bonchev–Trinajstić information content (AvgIpc) is 2.47. The van der Waals surface area contributed by atoms with E-state index < -0.39 is 0 Å². The van der Waals surface area contributed by atoms with Crippen LogP contribution in [0, 0.1) is 6.92 Å². The smallest absolute Gasteiger partial charge is 0.172 e. The van der Waals surface area contributed by atoms with E-state index in [1.165, 1.54) is 0 Å². The van der Waals surface area contributed by atoms with E-state index in [2.05, 4.69) is 15.0 Å². The molecule has 0 radical (unpaired) electrons. The van der Waals surface area contributed by atoms with Gasteiger partial charge in [-0.05, 0) is 36.2 Å². The van der Waals surface area contributed by atoms with Crippen molar-refractivity contribution in [1.29, 1.82) is 0 Å². The van der Waals surface area contributed by atoms with Crippen molar-refractivity contribution < 1.29 is 5.21 Å². The van der Waals surface area contributed by atoms with Crippen molar-refractivity contribution in [2.24, 2.45) is 10.9 Å². The zero-order valence-corrected chi connectivity index (χ0v) is 11.6. The first-order valence-electron chi connectivity index (χ1n) is 6.31. The summed E-state index contributed by atoms with van der Waals surface area (Å²) in [6.45, 7) is 2.73. The highest BCUT2D eigenvalue weighted by atomic mass is 16.4. The number of anilines is 1. The third-order valence-electron chi connectivity index (χ3n) is 3.17. The first-order chi connectivity index (χ1) is 9.63. The first-order valence-corrected chi connectivity index (χ1v) is 6.31. The summed E-state index contributed by atoms with van der Waals surface area (Å²) < 4.78 is 0. The van der Waals surface area contributed by atoms with Crippen molar-refractivity contribution in [3.63, 3.8) is 0 Å².